The summed E-state index contributed by atoms with van der Waals surface area (Å²) in [5, 5.41) is 11.6. The van der Waals surface area contributed by atoms with Crippen LogP contribution in [0.15, 0.2) is 36.4 Å². The molecule has 0 bridgehead atoms. The molecule has 1 aromatic carbocycles. The van der Waals surface area contributed by atoms with Gasteiger partial charge in [0.2, 0.25) is 0 Å². The first-order valence-electron chi connectivity index (χ1n) is 7.12. The Bertz CT molecular complexity index is 728. The summed E-state index contributed by atoms with van der Waals surface area (Å²) in [6, 6.07) is 10.4. The van der Waals surface area contributed by atoms with Crippen LogP contribution >= 0.6 is 0 Å². The van der Waals surface area contributed by atoms with E-state index in [-0.39, 0.29) is 11.3 Å². The van der Waals surface area contributed by atoms with Gasteiger partial charge in [-0.25, -0.2) is 9.78 Å². The first-order chi connectivity index (χ1) is 11.0. The first-order valence-corrected chi connectivity index (χ1v) is 7.12. The number of amides is 1. The van der Waals surface area contributed by atoms with Gasteiger partial charge in [-0.2, -0.15) is 0 Å². The summed E-state index contributed by atoms with van der Waals surface area (Å²) in [5.41, 5.74) is 1.77. The number of benzene rings is 1. The lowest BCUT2D eigenvalue weighted by Gasteiger charge is -2.07. The van der Waals surface area contributed by atoms with Gasteiger partial charge in [0.05, 0.1) is 12.7 Å². The number of nitrogens with zero attached hydrogens (tertiary/aromatic N) is 1. The van der Waals surface area contributed by atoms with Crippen molar-refractivity contribution < 1.29 is 19.4 Å². The molecule has 0 radical (unpaired) electrons. The minimum absolute atomic E-state index is 0.0549. The van der Waals surface area contributed by atoms with Gasteiger partial charge in [0.15, 0.2) is 0 Å². The van der Waals surface area contributed by atoms with Crippen LogP contribution in [-0.4, -0.2) is 36.1 Å². The van der Waals surface area contributed by atoms with E-state index in [1.165, 1.54) is 19.2 Å². The summed E-state index contributed by atoms with van der Waals surface area (Å²) in [5.74, 6) is -0.725. The third-order valence-electron chi connectivity index (χ3n) is 3.39. The first kappa shape index (κ1) is 16.5. The van der Waals surface area contributed by atoms with E-state index in [1.807, 2.05) is 24.3 Å². The molecule has 0 aliphatic carbocycles. The fourth-order valence-corrected chi connectivity index (χ4v) is 2.18. The molecule has 2 rings (SSSR count). The van der Waals surface area contributed by atoms with E-state index in [1.54, 1.807) is 7.11 Å². The number of rotatable bonds is 6. The summed E-state index contributed by atoms with van der Waals surface area (Å²) in [4.78, 5) is 27.2. The molecule has 2 aromatic rings. The number of aromatic nitrogens is 1. The maximum absolute atomic E-state index is 11.7. The molecule has 0 saturated heterocycles. The lowest BCUT2D eigenvalue weighted by atomic mass is 10.1. The number of carbonyl (C=O) groups is 2. The smallest absolute Gasteiger partial charge is 0.335 e. The maximum atomic E-state index is 11.7. The van der Waals surface area contributed by atoms with E-state index in [9.17, 15) is 9.59 Å². The number of hydrogen-bond donors (Lipinski definition) is 2. The molecule has 0 unspecified atom stereocenters. The topological polar surface area (TPSA) is 88.5 Å². The number of nitrogens with one attached hydrogen (secondary N) is 1. The molecule has 0 aliphatic rings. The number of methoxy groups -OCH3 is 1. The van der Waals surface area contributed by atoms with E-state index >= 15 is 0 Å². The van der Waals surface area contributed by atoms with Gasteiger partial charge in [0.25, 0.3) is 5.91 Å². The van der Waals surface area contributed by atoms with Gasteiger partial charge >= 0.3 is 5.97 Å². The maximum Gasteiger partial charge on any atom is 0.335 e. The molecule has 120 valence electrons. The second-order valence-electron chi connectivity index (χ2n) is 4.97. The summed E-state index contributed by atoms with van der Waals surface area (Å²) in [6.07, 6.45) is 1.19. The summed E-state index contributed by atoms with van der Waals surface area (Å²) < 4.78 is 5.18. The van der Waals surface area contributed by atoms with Crippen molar-refractivity contribution in [2.24, 2.45) is 0 Å². The molecule has 0 fully saturated rings. The quantitative estimate of drug-likeness (QED) is 0.850. The zero-order valence-corrected chi connectivity index (χ0v) is 13.0. The Morgan fingerprint density at radius 1 is 1.22 bits per heavy atom. The van der Waals surface area contributed by atoms with Crippen LogP contribution in [0.3, 0.4) is 0 Å². The van der Waals surface area contributed by atoms with Crippen LogP contribution in [0.1, 0.15) is 32.1 Å². The van der Waals surface area contributed by atoms with Crippen molar-refractivity contribution in [1.29, 1.82) is 0 Å². The summed E-state index contributed by atoms with van der Waals surface area (Å²) in [7, 11) is 3.08. The van der Waals surface area contributed by atoms with Crippen molar-refractivity contribution >= 4 is 11.9 Å². The molecule has 0 atom stereocenters. The largest absolute Gasteiger partial charge is 0.497 e. The minimum atomic E-state index is -1.08. The van der Waals surface area contributed by atoms with Gasteiger partial charge in [-0.05, 0) is 42.7 Å². The molecule has 0 aliphatic heterocycles. The van der Waals surface area contributed by atoms with E-state index in [0.717, 1.165) is 11.3 Å². The number of aryl methyl sites for hydroxylation is 2. The van der Waals surface area contributed by atoms with Crippen molar-refractivity contribution in [3.8, 4) is 5.75 Å². The number of carbonyl (C=O) groups excluding carboxylic acids is 1. The van der Waals surface area contributed by atoms with Crippen LogP contribution in [-0.2, 0) is 12.8 Å². The third kappa shape index (κ3) is 4.29. The molecular formula is C17H18N2O4. The van der Waals surface area contributed by atoms with Gasteiger partial charge in [-0.1, -0.05) is 12.1 Å². The monoisotopic (exact) mass is 314 g/mol. The second-order valence-corrected chi connectivity index (χ2v) is 4.97. The standard InChI is InChI=1S/C17H18N2O4/c1-18-16(20)15-10-12(17(21)22)9-13(19-15)7-6-11-4-3-5-14(8-11)23-2/h3-5,8-10H,6-7H2,1-2H3,(H,18,20)(H,21,22). The molecule has 1 aromatic heterocycles. The van der Waals surface area contributed by atoms with Crippen LogP contribution in [0, 0.1) is 0 Å². The van der Waals surface area contributed by atoms with E-state index in [4.69, 9.17) is 9.84 Å². The van der Waals surface area contributed by atoms with Crippen molar-refractivity contribution in [3.63, 3.8) is 0 Å². The van der Waals surface area contributed by atoms with E-state index < -0.39 is 11.9 Å². The highest BCUT2D eigenvalue weighted by molar-refractivity contribution is 5.95. The Morgan fingerprint density at radius 3 is 2.65 bits per heavy atom. The highest BCUT2D eigenvalue weighted by Gasteiger charge is 2.13. The number of aromatic carboxylic acids is 1. The van der Waals surface area contributed by atoms with Crippen LogP contribution in [0.4, 0.5) is 0 Å². The normalized spacial score (nSPS) is 10.2. The van der Waals surface area contributed by atoms with Crippen molar-refractivity contribution in [3.05, 3.63) is 58.9 Å². The Morgan fingerprint density at radius 2 is 2.00 bits per heavy atom. The van der Waals surface area contributed by atoms with Gasteiger partial charge in [0.1, 0.15) is 11.4 Å². The lowest BCUT2D eigenvalue weighted by Crippen LogP contribution is -2.20. The van der Waals surface area contributed by atoms with E-state index in [2.05, 4.69) is 10.3 Å². The number of pyridine rings is 1. The average molecular weight is 314 g/mol. The molecule has 23 heavy (non-hydrogen) atoms. The number of carboxylic acids is 1. The van der Waals surface area contributed by atoms with Crippen molar-refractivity contribution in [2.45, 2.75) is 12.8 Å². The van der Waals surface area contributed by atoms with Crippen LogP contribution in [0.5, 0.6) is 5.75 Å². The van der Waals surface area contributed by atoms with Gasteiger partial charge < -0.3 is 15.2 Å². The zero-order chi connectivity index (χ0) is 16.8. The third-order valence-corrected chi connectivity index (χ3v) is 3.39. The fraction of sp³-hybridized carbons (Fsp3) is 0.235. The molecule has 1 heterocycles. The minimum Gasteiger partial charge on any atom is -0.497 e. The van der Waals surface area contributed by atoms with Gasteiger partial charge in [-0.3, -0.25) is 4.79 Å². The molecule has 0 spiro atoms. The van der Waals surface area contributed by atoms with Crippen molar-refractivity contribution in [2.75, 3.05) is 14.2 Å². The highest BCUT2D eigenvalue weighted by atomic mass is 16.5. The van der Waals surface area contributed by atoms with Crippen LogP contribution < -0.4 is 10.1 Å². The number of hydrogen-bond acceptors (Lipinski definition) is 4. The molecular weight excluding hydrogens is 296 g/mol. The van der Waals surface area contributed by atoms with Crippen LogP contribution in [0.25, 0.3) is 0 Å². The summed E-state index contributed by atoms with van der Waals surface area (Å²) >= 11 is 0. The number of carboxylic acid groups (broad SMARTS) is 1. The Balaban J connectivity index is 2.22. The zero-order valence-electron chi connectivity index (χ0n) is 13.0. The van der Waals surface area contributed by atoms with Crippen molar-refractivity contribution in [1.82, 2.24) is 10.3 Å². The number of ether oxygens (including phenoxy) is 1. The average Bonchev–Trinajstić information content (AvgIpc) is 2.59. The van der Waals surface area contributed by atoms with Gasteiger partial charge in [-0.15, -0.1) is 0 Å². The summed E-state index contributed by atoms with van der Waals surface area (Å²) in [6.45, 7) is 0. The lowest BCUT2D eigenvalue weighted by molar-refractivity contribution is 0.0696. The predicted molar refractivity (Wildman–Crippen MR) is 85.0 cm³/mol. The Kier molecular flexibility index (Phi) is 5.30. The highest BCUT2D eigenvalue weighted by Crippen LogP contribution is 2.15. The molecule has 6 nitrogen and oxygen atoms in total. The fourth-order valence-electron chi connectivity index (χ4n) is 2.18. The molecule has 6 heteroatoms. The predicted octanol–water partition coefficient (Wildman–Crippen LogP) is 1.93. The van der Waals surface area contributed by atoms with Gasteiger partial charge in [0, 0.05) is 12.7 Å². The molecule has 1 amide bonds. The Hall–Kier alpha value is -2.89. The molecule has 0 saturated carbocycles. The molecule has 2 N–H and O–H groups in total. The van der Waals surface area contributed by atoms with E-state index in [0.29, 0.717) is 18.5 Å². The second kappa shape index (κ2) is 7.40. The Labute approximate surface area is 134 Å². The van der Waals surface area contributed by atoms with Crippen LogP contribution in [0.2, 0.25) is 0 Å². The SMILES string of the molecule is CNC(=O)c1cc(C(=O)O)cc(CCc2cccc(OC)c2)n1.